The number of halogens is 1. The number of nitrogens with two attached hydrogens (primary N) is 1. The second-order valence-corrected chi connectivity index (χ2v) is 5.04. The molecule has 1 aromatic carbocycles. The van der Waals surface area contributed by atoms with Crippen molar-refractivity contribution in [1.82, 2.24) is 9.78 Å². The molecule has 0 radical (unpaired) electrons. The maximum absolute atomic E-state index is 10.8. The maximum atomic E-state index is 10.8. The van der Waals surface area contributed by atoms with Gasteiger partial charge in [0.25, 0.3) is 5.69 Å². The fraction of sp³-hybridized carbons (Fsp3) is 0. The predicted molar refractivity (Wildman–Crippen MR) is 80.0 cm³/mol. The Morgan fingerprint density at radius 1 is 1.33 bits per heavy atom. The van der Waals surface area contributed by atoms with Crippen molar-refractivity contribution in [3.05, 3.63) is 57.4 Å². The van der Waals surface area contributed by atoms with Crippen molar-refractivity contribution in [1.29, 1.82) is 0 Å². The van der Waals surface area contributed by atoms with Crippen LogP contribution in [0, 0.1) is 10.1 Å². The predicted octanol–water partition coefficient (Wildman–Crippen LogP) is 3.39. The molecule has 0 bridgehead atoms. The summed E-state index contributed by atoms with van der Waals surface area (Å²) in [6.07, 6.45) is 1.59. The molecule has 2 aromatic heterocycles. The summed E-state index contributed by atoms with van der Waals surface area (Å²) in [6, 6.07) is 9.62. The lowest BCUT2D eigenvalue weighted by Gasteiger charge is -2.00. The van der Waals surface area contributed by atoms with Crippen molar-refractivity contribution in [2.24, 2.45) is 0 Å². The van der Waals surface area contributed by atoms with Gasteiger partial charge in [-0.25, -0.2) is 4.68 Å². The number of furan rings is 1. The highest BCUT2D eigenvalue weighted by Gasteiger charge is 2.14. The summed E-state index contributed by atoms with van der Waals surface area (Å²) >= 11 is 3.21. The number of nitro groups is 1. The molecule has 0 aliphatic carbocycles. The number of benzene rings is 1. The maximum Gasteiger partial charge on any atom is 0.271 e. The van der Waals surface area contributed by atoms with E-state index in [1.54, 1.807) is 30.5 Å². The largest absolute Gasteiger partial charge is 0.448 e. The fourth-order valence-corrected chi connectivity index (χ4v) is 2.21. The number of hydrogen-bond acceptors (Lipinski definition) is 5. The van der Waals surface area contributed by atoms with Gasteiger partial charge in [0.15, 0.2) is 16.1 Å². The van der Waals surface area contributed by atoms with Gasteiger partial charge in [-0.05, 0) is 34.1 Å². The topological polar surface area (TPSA) is 100 Å². The third-order valence-electron chi connectivity index (χ3n) is 2.85. The van der Waals surface area contributed by atoms with Crippen LogP contribution in [0.25, 0.3) is 17.1 Å². The fourth-order valence-electron chi connectivity index (χ4n) is 1.90. The van der Waals surface area contributed by atoms with Crippen LogP contribution in [0.15, 0.2) is 51.7 Å². The average Bonchev–Trinajstić information content (AvgIpc) is 3.05. The minimum absolute atomic E-state index is 0.0103. The zero-order valence-electron chi connectivity index (χ0n) is 10.6. The smallest absolute Gasteiger partial charge is 0.271 e. The van der Waals surface area contributed by atoms with Crippen LogP contribution in [0.3, 0.4) is 0 Å². The molecule has 106 valence electrons. The molecule has 3 rings (SSSR count). The molecule has 0 atom stereocenters. The standard InChI is InChI=1S/C13H9BrN4O3/c14-12-5-4-11(21-12)13-10(15)7-17(16-13)8-2-1-3-9(6-8)18(19)20/h1-7H,15H2. The second-order valence-electron chi connectivity index (χ2n) is 4.26. The minimum Gasteiger partial charge on any atom is -0.448 e. The van der Waals surface area contributed by atoms with Gasteiger partial charge in [0, 0.05) is 12.1 Å². The van der Waals surface area contributed by atoms with Gasteiger partial charge in [-0.15, -0.1) is 0 Å². The van der Waals surface area contributed by atoms with Gasteiger partial charge >= 0.3 is 0 Å². The van der Waals surface area contributed by atoms with E-state index in [0.29, 0.717) is 27.5 Å². The van der Waals surface area contributed by atoms with Crippen molar-refractivity contribution < 1.29 is 9.34 Å². The van der Waals surface area contributed by atoms with Gasteiger partial charge in [-0.2, -0.15) is 5.10 Å². The normalized spacial score (nSPS) is 10.7. The van der Waals surface area contributed by atoms with Crippen molar-refractivity contribution in [3.8, 4) is 17.1 Å². The number of aromatic nitrogens is 2. The number of nitrogen functional groups attached to an aromatic ring is 1. The Morgan fingerprint density at radius 2 is 2.14 bits per heavy atom. The highest BCUT2D eigenvalue weighted by atomic mass is 79.9. The summed E-state index contributed by atoms with van der Waals surface area (Å²) in [5.41, 5.74) is 7.36. The first-order valence-electron chi connectivity index (χ1n) is 5.90. The van der Waals surface area contributed by atoms with Crippen LogP contribution in [0.4, 0.5) is 11.4 Å². The Bertz CT molecular complexity index is 824. The van der Waals surface area contributed by atoms with Crippen molar-refractivity contribution in [2.75, 3.05) is 5.73 Å². The molecule has 2 heterocycles. The van der Waals surface area contributed by atoms with Gasteiger partial charge in [0.1, 0.15) is 0 Å². The van der Waals surface area contributed by atoms with E-state index in [-0.39, 0.29) is 5.69 Å². The molecule has 0 spiro atoms. The zero-order chi connectivity index (χ0) is 15.0. The Morgan fingerprint density at radius 3 is 2.81 bits per heavy atom. The van der Waals surface area contributed by atoms with Gasteiger partial charge in [-0.1, -0.05) is 6.07 Å². The molecule has 0 saturated heterocycles. The first-order chi connectivity index (χ1) is 10.0. The van der Waals surface area contributed by atoms with E-state index in [4.69, 9.17) is 10.2 Å². The molecule has 0 aliphatic heterocycles. The van der Waals surface area contributed by atoms with Crippen molar-refractivity contribution in [3.63, 3.8) is 0 Å². The molecule has 2 N–H and O–H groups in total. The number of non-ortho nitro benzene ring substituents is 1. The summed E-state index contributed by atoms with van der Waals surface area (Å²) in [5.74, 6) is 0.517. The number of hydrogen-bond donors (Lipinski definition) is 1. The van der Waals surface area contributed by atoms with E-state index in [2.05, 4.69) is 21.0 Å². The van der Waals surface area contributed by atoms with Gasteiger partial charge in [0.05, 0.1) is 22.5 Å². The van der Waals surface area contributed by atoms with Crippen molar-refractivity contribution in [2.45, 2.75) is 0 Å². The minimum atomic E-state index is -0.457. The Hall–Kier alpha value is -2.61. The number of nitro benzene ring substituents is 1. The molecule has 3 aromatic rings. The monoisotopic (exact) mass is 348 g/mol. The molecule has 7 nitrogen and oxygen atoms in total. The van der Waals surface area contributed by atoms with Crippen LogP contribution in [-0.2, 0) is 0 Å². The van der Waals surface area contributed by atoms with Crippen molar-refractivity contribution >= 4 is 27.3 Å². The molecule has 8 heteroatoms. The van der Waals surface area contributed by atoms with Gasteiger partial charge in [-0.3, -0.25) is 10.1 Å². The summed E-state index contributed by atoms with van der Waals surface area (Å²) in [6.45, 7) is 0. The number of rotatable bonds is 3. The number of nitrogens with zero attached hydrogens (tertiary/aromatic N) is 3. The molecule has 0 saturated carbocycles. The lowest BCUT2D eigenvalue weighted by atomic mass is 10.3. The highest BCUT2D eigenvalue weighted by molar-refractivity contribution is 9.10. The van der Waals surface area contributed by atoms with E-state index in [1.165, 1.54) is 16.8 Å². The summed E-state index contributed by atoms with van der Waals surface area (Å²) in [5, 5.41) is 15.1. The lowest BCUT2D eigenvalue weighted by Crippen LogP contribution is -1.96. The summed E-state index contributed by atoms with van der Waals surface area (Å²) in [4.78, 5) is 10.4. The molecular formula is C13H9BrN4O3. The number of anilines is 1. The zero-order valence-corrected chi connectivity index (χ0v) is 12.1. The van der Waals surface area contributed by atoms with E-state index < -0.39 is 4.92 Å². The van der Waals surface area contributed by atoms with Crippen LogP contribution in [-0.4, -0.2) is 14.7 Å². The summed E-state index contributed by atoms with van der Waals surface area (Å²) in [7, 11) is 0. The van der Waals surface area contributed by atoms with E-state index in [0.717, 1.165) is 0 Å². The van der Waals surface area contributed by atoms with Crippen LogP contribution in [0.2, 0.25) is 0 Å². The van der Waals surface area contributed by atoms with Crippen LogP contribution < -0.4 is 5.73 Å². The highest BCUT2D eigenvalue weighted by Crippen LogP contribution is 2.29. The average molecular weight is 349 g/mol. The Labute approximate surface area is 127 Å². The molecule has 0 fully saturated rings. The summed E-state index contributed by atoms with van der Waals surface area (Å²) < 4.78 is 7.47. The third-order valence-corrected chi connectivity index (χ3v) is 3.28. The van der Waals surface area contributed by atoms with Crippen LogP contribution in [0.1, 0.15) is 0 Å². The second kappa shape index (κ2) is 5.06. The SMILES string of the molecule is Nc1cn(-c2cccc([N+](=O)[O-])c2)nc1-c1ccc(Br)o1. The van der Waals surface area contributed by atoms with Gasteiger partial charge in [0.2, 0.25) is 0 Å². The Kier molecular flexibility index (Phi) is 3.22. The molecule has 21 heavy (non-hydrogen) atoms. The molecule has 0 aliphatic rings. The Balaban J connectivity index is 2.05. The van der Waals surface area contributed by atoms with Crippen LogP contribution >= 0.6 is 15.9 Å². The quantitative estimate of drug-likeness (QED) is 0.577. The lowest BCUT2D eigenvalue weighted by molar-refractivity contribution is -0.384. The molecule has 0 unspecified atom stereocenters. The van der Waals surface area contributed by atoms with E-state index in [9.17, 15) is 10.1 Å². The molecule has 0 amide bonds. The first-order valence-corrected chi connectivity index (χ1v) is 6.69. The van der Waals surface area contributed by atoms with Gasteiger partial charge < -0.3 is 10.2 Å². The van der Waals surface area contributed by atoms with Crippen LogP contribution in [0.5, 0.6) is 0 Å². The van der Waals surface area contributed by atoms with E-state index in [1.807, 2.05) is 0 Å². The van der Waals surface area contributed by atoms with E-state index >= 15 is 0 Å². The molecular weight excluding hydrogens is 340 g/mol. The third kappa shape index (κ3) is 2.52. The first kappa shape index (κ1) is 13.4.